The summed E-state index contributed by atoms with van der Waals surface area (Å²) in [6.45, 7) is 3.62. The molecule has 0 spiro atoms. The molecule has 8 heteroatoms. The number of aromatic nitrogens is 2. The first kappa shape index (κ1) is 25.5. The number of ether oxygens (including phenoxy) is 2. The van der Waals surface area contributed by atoms with E-state index < -0.39 is 5.92 Å². The molecule has 204 valence electrons. The Morgan fingerprint density at radius 1 is 0.821 bits per heavy atom. The maximum absolute atomic E-state index is 13.2. The van der Waals surface area contributed by atoms with Gasteiger partial charge in [0.15, 0.2) is 0 Å². The van der Waals surface area contributed by atoms with E-state index in [-0.39, 0.29) is 18.2 Å². The van der Waals surface area contributed by atoms with Gasteiger partial charge in [0.25, 0.3) is 0 Å². The number of carbonyl (C=O) groups is 2. The zero-order chi connectivity index (χ0) is 26.9. The van der Waals surface area contributed by atoms with Crippen LogP contribution in [0.5, 0.6) is 11.5 Å². The van der Waals surface area contributed by atoms with Crippen molar-refractivity contribution in [3.63, 3.8) is 0 Å². The van der Waals surface area contributed by atoms with Crippen molar-refractivity contribution in [2.24, 2.45) is 0 Å². The minimum Gasteiger partial charge on any atom is -0.497 e. The zero-order valence-corrected chi connectivity index (χ0v) is 22.7. The number of likely N-dealkylation sites (tertiary alicyclic amines) is 2. The molecule has 4 aromatic rings. The van der Waals surface area contributed by atoms with Crippen LogP contribution >= 0.6 is 0 Å². The molecule has 8 nitrogen and oxygen atoms in total. The Morgan fingerprint density at radius 3 is 2.05 bits per heavy atom. The molecule has 2 amide bonds. The lowest BCUT2D eigenvalue weighted by Gasteiger charge is -2.32. The largest absolute Gasteiger partial charge is 0.497 e. The zero-order valence-electron chi connectivity index (χ0n) is 22.7. The minimum absolute atomic E-state index is 0.0709. The fourth-order valence-corrected chi connectivity index (χ4v) is 6.36. The second-order valence-electron chi connectivity index (χ2n) is 10.8. The topological polar surface area (TPSA) is 90.7 Å². The van der Waals surface area contributed by atoms with Crippen molar-refractivity contribution in [1.29, 1.82) is 0 Å². The molecule has 0 bridgehead atoms. The number of rotatable bonds is 9. The van der Waals surface area contributed by atoms with Gasteiger partial charge in [-0.2, -0.15) is 0 Å². The van der Waals surface area contributed by atoms with E-state index in [0.29, 0.717) is 12.5 Å². The third kappa shape index (κ3) is 4.89. The highest BCUT2D eigenvalue weighted by Crippen LogP contribution is 2.37. The molecule has 39 heavy (non-hydrogen) atoms. The molecule has 2 aliphatic rings. The molecule has 1 unspecified atom stereocenters. The fraction of sp³-hybridized carbons (Fsp3) is 0.419. The first-order chi connectivity index (χ1) is 19.1. The van der Waals surface area contributed by atoms with E-state index in [1.165, 1.54) is 15.8 Å². The Bertz CT molecular complexity index is 1500. The molecule has 2 aliphatic heterocycles. The van der Waals surface area contributed by atoms with E-state index in [9.17, 15) is 9.59 Å². The molecule has 2 saturated heterocycles. The maximum Gasteiger partial charge on any atom is 0.237 e. The third-order valence-electron chi connectivity index (χ3n) is 8.59. The number of hydrogen-bond donors (Lipinski definition) is 2. The summed E-state index contributed by atoms with van der Waals surface area (Å²) in [6, 6.07) is 12.0. The number of hydrogen-bond acceptors (Lipinski definition) is 5. The van der Waals surface area contributed by atoms with Crippen molar-refractivity contribution in [2.75, 3.05) is 40.4 Å². The van der Waals surface area contributed by atoms with Crippen LogP contribution in [-0.2, 0) is 9.59 Å². The number of imide groups is 1. The van der Waals surface area contributed by atoms with E-state index in [4.69, 9.17) is 9.47 Å². The summed E-state index contributed by atoms with van der Waals surface area (Å²) in [5.74, 6) is 1.59. The predicted molar refractivity (Wildman–Crippen MR) is 151 cm³/mol. The normalized spacial score (nSPS) is 19.0. The van der Waals surface area contributed by atoms with Crippen LogP contribution < -0.4 is 9.47 Å². The van der Waals surface area contributed by atoms with Crippen LogP contribution in [0, 0.1) is 0 Å². The van der Waals surface area contributed by atoms with Crippen molar-refractivity contribution < 1.29 is 19.1 Å². The number of amides is 2. The fourth-order valence-electron chi connectivity index (χ4n) is 6.36. The first-order valence-corrected chi connectivity index (χ1v) is 13.9. The number of unbranched alkanes of at least 4 members (excludes halogenated alkanes) is 1. The van der Waals surface area contributed by atoms with Crippen LogP contribution in [0.2, 0.25) is 0 Å². The summed E-state index contributed by atoms with van der Waals surface area (Å²) in [6.07, 6.45) is 8.31. The van der Waals surface area contributed by atoms with Crippen LogP contribution in [0.1, 0.15) is 55.1 Å². The van der Waals surface area contributed by atoms with E-state index in [1.54, 1.807) is 14.2 Å². The smallest absolute Gasteiger partial charge is 0.237 e. The average Bonchev–Trinajstić information content (AvgIpc) is 3.66. The molecule has 2 aromatic carbocycles. The van der Waals surface area contributed by atoms with Crippen LogP contribution in [0.25, 0.3) is 21.8 Å². The molecule has 6 rings (SSSR count). The van der Waals surface area contributed by atoms with Crippen LogP contribution in [0.3, 0.4) is 0 Å². The van der Waals surface area contributed by atoms with Gasteiger partial charge >= 0.3 is 0 Å². The van der Waals surface area contributed by atoms with Gasteiger partial charge in [-0.3, -0.25) is 14.5 Å². The summed E-state index contributed by atoms with van der Waals surface area (Å²) in [5.41, 5.74) is 4.36. The van der Waals surface area contributed by atoms with Gasteiger partial charge in [0, 0.05) is 47.2 Å². The van der Waals surface area contributed by atoms with Gasteiger partial charge in [0.1, 0.15) is 11.5 Å². The molecule has 1 atom stereocenters. The Morgan fingerprint density at radius 2 is 1.41 bits per heavy atom. The monoisotopic (exact) mass is 528 g/mol. The number of methoxy groups -OCH3 is 2. The minimum atomic E-state index is -0.429. The van der Waals surface area contributed by atoms with E-state index >= 15 is 0 Å². The van der Waals surface area contributed by atoms with Gasteiger partial charge in [-0.15, -0.1) is 0 Å². The molecule has 2 fully saturated rings. The first-order valence-electron chi connectivity index (χ1n) is 13.9. The third-order valence-corrected chi connectivity index (χ3v) is 8.59. The summed E-state index contributed by atoms with van der Waals surface area (Å²) < 4.78 is 10.8. The number of nitrogens with one attached hydrogen (secondary N) is 2. The molecule has 2 N–H and O–H groups in total. The summed E-state index contributed by atoms with van der Waals surface area (Å²) in [7, 11) is 3.34. The Kier molecular flexibility index (Phi) is 7.04. The molecular weight excluding hydrogens is 492 g/mol. The maximum atomic E-state index is 13.2. The number of benzene rings is 2. The van der Waals surface area contributed by atoms with E-state index in [2.05, 4.69) is 33.2 Å². The van der Waals surface area contributed by atoms with Gasteiger partial charge in [-0.1, -0.05) is 0 Å². The van der Waals surface area contributed by atoms with Crippen LogP contribution in [-0.4, -0.2) is 72.0 Å². The van der Waals surface area contributed by atoms with Gasteiger partial charge in [-0.25, -0.2) is 0 Å². The highest BCUT2D eigenvalue weighted by molar-refractivity contribution is 6.08. The highest BCUT2D eigenvalue weighted by atomic mass is 16.5. The highest BCUT2D eigenvalue weighted by Gasteiger charge is 2.40. The van der Waals surface area contributed by atoms with Gasteiger partial charge in [-0.05, 0) is 98.8 Å². The molecule has 0 saturated carbocycles. The average molecular weight is 529 g/mol. The lowest BCUT2D eigenvalue weighted by atomic mass is 9.89. The number of piperidine rings is 1. The number of nitrogens with zero attached hydrogens (tertiary/aromatic N) is 2. The second-order valence-corrected chi connectivity index (χ2v) is 10.8. The van der Waals surface area contributed by atoms with Crippen LogP contribution in [0.15, 0.2) is 48.8 Å². The molecular formula is C31H36N4O4. The molecule has 4 heterocycles. The SMILES string of the molecule is COc1ccc2[nH]cc(C3CCN(CCCCN4C(=O)CC(c5c[nH]c6ccc(OC)cc56)C4=O)CC3)c2c1. The molecule has 0 radical (unpaired) electrons. The van der Waals surface area contributed by atoms with Crippen molar-refractivity contribution in [2.45, 2.75) is 43.9 Å². The molecule has 2 aromatic heterocycles. The predicted octanol–water partition coefficient (Wildman–Crippen LogP) is 5.17. The van der Waals surface area contributed by atoms with Gasteiger partial charge in [0.05, 0.1) is 20.1 Å². The lowest BCUT2D eigenvalue weighted by molar-refractivity contribution is -0.138. The standard InChI is InChI=1S/C31H36N4O4/c1-38-21-5-7-28-23(15-21)26(18-32-28)20-9-13-34(14-10-20)11-3-4-12-35-30(36)17-25(31(35)37)27-19-33-29-8-6-22(39-2)16-24(27)29/h5-8,15-16,18-20,25,32-33H,3-4,9-14,17H2,1-2H3. The van der Waals surface area contributed by atoms with Crippen molar-refractivity contribution in [3.05, 3.63) is 59.9 Å². The van der Waals surface area contributed by atoms with Gasteiger partial charge in [0.2, 0.25) is 11.8 Å². The number of aromatic amines is 2. The number of carbonyl (C=O) groups excluding carboxylic acids is 2. The van der Waals surface area contributed by atoms with Gasteiger partial charge < -0.3 is 24.3 Å². The lowest BCUT2D eigenvalue weighted by Crippen LogP contribution is -2.35. The Labute approximate surface area is 228 Å². The summed E-state index contributed by atoms with van der Waals surface area (Å²) in [4.78, 5) is 36.6. The van der Waals surface area contributed by atoms with E-state index in [0.717, 1.165) is 78.8 Å². The number of H-pyrrole nitrogens is 2. The van der Waals surface area contributed by atoms with Crippen molar-refractivity contribution in [3.8, 4) is 11.5 Å². The summed E-state index contributed by atoms with van der Waals surface area (Å²) in [5, 5.41) is 2.20. The Hall–Kier alpha value is -3.78. The van der Waals surface area contributed by atoms with E-state index in [1.807, 2.05) is 30.5 Å². The summed E-state index contributed by atoms with van der Waals surface area (Å²) >= 11 is 0. The number of fused-ring (bicyclic) bond motifs is 2. The van der Waals surface area contributed by atoms with Crippen LogP contribution in [0.4, 0.5) is 0 Å². The van der Waals surface area contributed by atoms with Crippen molar-refractivity contribution in [1.82, 2.24) is 19.8 Å². The second kappa shape index (κ2) is 10.8. The quantitative estimate of drug-likeness (QED) is 0.231. The molecule has 0 aliphatic carbocycles. The van der Waals surface area contributed by atoms with Crippen molar-refractivity contribution >= 4 is 33.6 Å². The Balaban J connectivity index is 0.994.